The molecule has 0 atom stereocenters. The van der Waals surface area contributed by atoms with E-state index in [0.717, 1.165) is 6.42 Å². The van der Waals surface area contributed by atoms with Crippen LogP contribution in [-0.2, 0) is 23.1 Å². The van der Waals surface area contributed by atoms with E-state index < -0.39 is 0 Å². The molecule has 0 spiro atoms. The molecule has 0 aliphatic heterocycles. The quantitative estimate of drug-likeness (QED) is 0.666. The van der Waals surface area contributed by atoms with Crippen LogP contribution in [0.5, 0.6) is 0 Å². The number of nitrogens with one attached hydrogen (secondary N) is 1. The summed E-state index contributed by atoms with van der Waals surface area (Å²) >= 11 is 0. The predicted molar refractivity (Wildman–Crippen MR) is 54.0 cm³/mol. The molecule has 0 saturated carbocycles. The second-order valence-corrected chi connectivity index (χ2v) is 3.16. The number of carbonyl (C=O) groups is 1. The summed E-state index contributed by atoms with van der Waals surface area (Å²) in [5, 5.41) is 6.70. The summed E-state index contributed by atoms with van der Waals surface area (Å²) in [6.45, 7) is 3.04. The van der Waals surface area contributed by atoms with Gasteiger partial charge in [0.25, 0.3) is 0 Å². The van der Waals surface area contributed by atoms with Gasteiger partial charge in [-0.15, -0.1) is 0 Å². The van der Waals surface area contributed by atoms with Gasteiger partial charge in [0.1, 0.15) is 12.9 Å². The van der Waals surface area contributed by atoms with E-state index in [-0.39, 0.29) is 12.5 Å². The zero-order valence-corrected chi connectivity index (χ0v) is 9.06. The highest BCUT2D eigenvalue weighted by atomic mass is 16.5. The molecule has 6 nitrogen and oxygen atoms in total. The molecular formula is C9H16N4O2. The maximum atomic E-state index is 11.2. The fourth-order valence-corrected chi connectivity index (χ4v) is 1.00. The number of hydrogen-bond acceptors (Lipinski definition) is 4. The van der Waals surface area contributed by atoms with Crippen LogP contribution in [0.2, 0.25) is 0 Å². The molecule has 0 unspecified atom stereocenters. The largest absolute Gasteiger partial charge is 0.372 e. The Morgan fingerprint density at radius 2 is 2.47 bits per heavy atom. The minimum absolute atomic E-state index is 0.0979. The van der Waals surface area contributed by atoms with Crippen molar-refractivity contribution in [1.82, 2.24) is 20.1 Å². The van der Waals surface area contributed by atoms with E-state index in [9.17, 15) is 4.79 Å². The molecule has 1 N–H and O–H groups in total. The van der Waals surface area contributed by atoms with Crippen molar-refractivity contribution in [3.8, 4) is 0 Å². The minimum Gasteiger partial charge on any atom is -0.372 e. The van der Waals surface area contributed by atoms with Gasteiger partial charge in [-0.25, -0.2) is 4.98 Å². The maximum absolute atomic E-state index is 11.2. The van der Waals surface area contributed by atoms with Crippen molar-refractivity contribution in [1.29, 1.82) is 0 Å². The molecule has 84 valence electrons. The lowest BCUT2D eigenvalue weighted by Gasteiger charge is -2.02. The number of amides is 1. The molecule has 0 aliphatic carbocycles. The highest BCUT2D eigenvalue weighted by Crippen LogP contribution is 1.87. The van der Waals surface area contributed by atoms with E-state index in [4.69, 9.17) is 4.74 Å². The van der Waals surface area contributed by atoms with Crippen LogP contribution < -0.4 is 5.32 Å². The smallest absolute Gasteiger partial charge is 0.246 e. The molecule has 1 rings (SSSR count). The van der Waals surface area contributed by atoms with Gasteiger partial charge in [0.15, 0.2) is 5.82 Å². The van der Waals surface area contributed by atoms with Crippen molar-refractivity contribution in [2.45, 2.75) is 19.9 Å². The standard InChI is InChI=1S/C9H16N4O2/c1-3-4-15-6-9(14)10-5-8-11-7-13(2)12-8/h7H,3-6H2,1-2H3,(H,10,14). The Labute approximate surface area is 88.6 Å². The van der Waals surface area contributed by atoms with Crippen molar-refractivity contribution in [2.75, 3.05) is 13.2 Å². The Hall–Kier alpha value is -1.43. The zero-order valence-electron chi connectivity index (χ0n) is 9.06. The van der Waals surface area contributed by atoms with E-state index in [1.807, 2.05) is 6.92 Å². The normalized spacial score (nSPS) is 10.3. The topological polar surface area (TPSA) is 69.0 Å². The van der Waals surface area contributed by atoms with Crippen molar-refractivity contribution in [3.63, 3.8) is 0 Å². The summed E-state index contributed by atoms with van der Waals surface area (Å²) in [6.07, 6.45) is 2.50. The molecule has 0 aromatic carbocycles. The lowest BCUT2D eigenvalue weighted by molar-refractivity contribution is -0.125. The molecule has 1 aromatic heterocycles. The average Bonchev–Trinajstić information content (AvgIpc) is 2.62. The molecule has 6 heteroatoms. The van der Waals surface area contributed by atoms with Crippen LogP contribution in [0, 0.1) is 0 Å². The highest BCUT2D eigenvalue weighted by molar-refractivity contribution is 5.77. The van der Waals surface area contributed by atoms with Gasteiger partial charge in [0.2, 0.25) is 5.91 Å². The Morgan fingerprint density at radius 1 is 1.67 bits per heavy atom. The first kappa shape index (κ1) is 11.6. The number of ether oxygens (including phenoxy) is 1. The second-order valence-electron chi connectivity index (χ2n) is 3.16. The number of carbonyl (C=O) groups excluding carboxylic acids is 1. The molecule has 1 amide bonds. The zero-order chi connectivity index (χ0) is 11.1. The van der Waals surface area contributed by atoms with Gasteiger partial charge in [-0.2, -0.15) is 5.10 Å². The molecule has 1 heterocycles. The molecule has 0 saturated heterocycles. The van der Waals surface area contributed by atoms with Gasteiger partial charge < -0.3 is 10.1 Å². The fraction of sp³-hybridized carbons (Fsp3) is 0.667. The molecule has 0 aliphatic rings. The number of rotatable bonds is 6. The first-order chi connectivity index (χ1) is 7.22. The van der Waals surface area contributed by atoms with Crippen molar-refractivity contribution >= 4 is 5.91 Å². The van der Waals surface area contributed by atoms with E-state index in [1.165, 1.54) is 0 Å². The molecule has 1 aromatic rings. The lowest BCUT2D eigenvalue weighted by Crippen LogP contribution is -2.27. The average molecular weight is 212 g/mol. The summed E-state index contributed by atoms with van der Waals surface area (Å²) in [5.74, 6) is 0.456. The van der Waals surface area contributed by atoms with Gasteiger partial charge in [0, 0.05) is 13.7 Å². The Balaban J connectivity index is 2.16. The van der Waals surface area contributed by atoms with Crippen molar-refractivity contribution in [3.05, 3.63) is 12.2 Å². The maximum Gasteiger partial charge on any atom is 0.246 e. The third-order valence-electron chi connectivity index (χ3n) is 1.67. The SMILES string of the molecule is CCCOCC(=O)NCc1ncn(C)n1. The molecule has 0 bridgehead atoms. The van der Waals surface area contributed by atoms with E-state index in [2.05, 4.69) is 15.4 Å². The monoisotopic (exact) mass is 212 g/mol. The Bertz CT molecular complexity index is 311. The second kappa shape index (κ2) is 6.13. The summed E-state index contributed by atoms with van der Waals surface area (Å²) in [4.78, 5) is 15.2. The lowest BCUT2D eigenvalue weighted by atomic mass is 10.5. The highest BCUT2D eigenvalue weighted by Gasteiger charge is 2.03. The van der Waals surface area contributed by atoms with Gasteiger partial charge >= 0.3 is 0 Å². The summed E-state index contributed by atoms with van der Waals surface area (Å²) < 4.78 is 6.67. The number of hydrogen-bond donors (Lipinski definition) is 1. The van der Waals surface area contributed by atoms with Gasteiger partial charge in [-0.1, -0.05) is 6.92 Å². The Kier molecular flexibility index (Phi) is 4.76. The van der Waals surface area contributed by atoms with Crippen LogP contribution in [0.4, 0.5) is 0 Å². The molecule has 0 fully saturated rings. The van der Waals surface area contributed by atoms with E-state index in [1.54, 1.807) is 18.1 Å². The summed E-state index contributed by atoms with van der Waals surface area (Å²) in [6, 6.07) is 0. The number of nitrogens with zero attached hydrogens (tertiary/aromatic N) is 3. The molecule has 0 radical (unpaired) electrons. The van der Waals surface area contributed by atoms with Crippen LogP contribution in [0.1, 0.15) is 19.2 Å². The minimum atomic E-state index is -0.143. The molecule has 15 heavy (non-hydrogen) atoms. The molecular weight excluding hydrogens is 196 g/mol. The first-order valence-electron chi connectivity index (χ1n) is 4.91. The van der Waals surface area contributed by atoms with Gasteiger partial charge in [0.05, 0.1) is 6.54 Å². The van der Waals surface area contributed by atoms with Crippen molar-refractivity contribution in [2.24, 2.45) is 7.05 Å². The Morgan fingerprint density at radius 3 is 3.07 bits per heavy atom. The van der Waals surface area contributed by atoms with Crippen molar-refractivity contribution < 1.29 is 9.53 Å². The number of aryl methyl sites for hydroxylation is 1. The van der Waals surface area contributed by atoms with Crippen LogP contribution in [0.25, 0.3) is 0 Å². The summed E-state index contributed by atoms with van der Waals surface area (Å²) in [5.41, 5.74) is 0. The van der Waals surface area contributed by atoms with Gasteiger partial charge in [-0.3, -0.25) is 9.48 Å². The van der Waals surface area contributed by atoms with Crippen LogP contribution in [-0.4, -0.2) is 33.9 Å². The van der Waals surface area contributed by atoms with Crippen LogP contribution >= 0.6 is 0 Å². The third-order valence-corrected chi connectivity index (χ3v) is 1.67. The fourth-order valence-electron chi connectivity index (χ4n) is 1.00. The van der Waals surface area contributed by atoms with Crippen LogP contribution in [0.15, 0.2) is 6.33 Å². The van der Waals surface area contributed by atoms with Gasteiger partial charge in [-0.05, 0) is 6.42 Å². The van der Waals surface area contributed by atoms with E-state index in [0.29, 0.717) is 19.0 Å². The predicted octanol–water partition coefficient (Wildman–Crippen LogP) is -0.142. The number of aromatic nitrogens is 3. The van der Waals surface area contributed by atoms with E-state index >= 15 is 0 Å². The van der Waals surface area contributed by atoms with Crippen LogP contribution in [0.3, 0.4) is 0 Å². The summed E-state index contributed by atoms with van der Waals surface area (Å²) in [7, 11) is 1.78. The first-order valence-corrected chi connectivity index (χ1v) is 4.91. The third kappa shape index (κ3) is 4.55.